The van der Waals surface area contributed by atoms with Gasteiger partial charge in [-0.2, -0.15) is 5.10 Å². The summed E-state index contributed by atoms with van der Waals surface area (Å²) in [6.45, 7) is 8.04. The summed E-state index contributed by atoms with van der Waals surface area (Å²) in [6.07, 6.45) is 6.52. The van der Waals surface area contributed by atoms with Crippen LogP contribution in [0.25, 0.3) is 0 Å². The summed E-state index contributed by atoms with van der Waals surface area (Å²) in [4.78, 5) is 6.32. The highest BCUT2D eigenvalue weighted by molar-refractivity contribution is 5.14. The maximum Gasteiger partial charge on any atom is 0.250 e. The molecule has 2 aromatic rings. The molecular formula is C19H25FN4O2. The van der Waals surface area contributed by atoms with Crippen molar-refractivity contribution in [2.75, 3.05) is 26.3 Å². The fourth-order valence-corrected chi connectivity index (χ4v) is 3.85. The van der Waals surface area contributed by atoms with Gasteiger partial charge in [0.2, 0.25) is 5.88 Å². The summed E-state index contributed by atoms with van der Waals surface area (Å²) in [5.74, 6) is -0.0803. The zero-order valence-corrected chi connectivity index (χ0v) is 15.3. The number of nitrogens with zero attached hydrogens (tertiary/aromatic N) is 4. The Balaban J connectivity index is 1.32. The van der Waals surface area contributed by atoms with Gasteiger partial charge in [0.1, 0.15) is 0 Å². The van der Waals surface area contributed by atoms with E-state index in [2.05, 4.69) is 35.0 Å². The molecule has 0 aromatic carbocycles. The van der Waals surface area contributed by atoms with Gasteiger partial charge in [-0.3, -0.25) is 9.58 Å². The minimum absolute atomic E-state index is 0.0758. The number of ether oxygens (including phenoxy) is 2. The molecule has 2 fully saturated rings. The topological polar surface area (TPSA) is 52.4 Å². The maximum absolute atomic E-state index is 13.7. The third-order valence-corrected chi connectivity index (χ3v) is 5.32. The van der Waals surface area contributed by atoms with Crippen LogP contribution in [0.15, 0.2) is 30.7 Å². The minimum Gasteiger partial charge on any atom is -0.475 e. The fourth-order valence-electron chi connectivity index (χ4n) is 3.85. The van der Waals surface area contributed by atoms with Gasteiger partial charge in [-0.1, -0.05) is 0 Å². The van der Waals surface area contributed by atoms with E-state index in [9.17, 15) is 4.39 Å². The van der Waals surface area contributed by atoms with Gasteiger partial charge < -0.3 is 9.47 Å². The highest BCUT2D eigenvalue weighted by Gasteiger charge is 2.53. The van der Waals surface area contributed by atoms with E-state index in [1.807, 2.05) is 10.9 Å². The predicted octanol–water partition coefficient (Wildman–Crippen LogP) is 2.67. The number of rotatable bonds is 6. The van der Waals surface area contributed by atoms with E-state index in [0.717, 1.165) is 32.7 Å². The van der Waals surface area contributed by atoms with Gasteiger partial charge in [-0.25, -0.2) is 9.37 Å². The van der Waals surface area contributed by atoms with Crippen molar-refractivity contribution >= 4 is 0 Å². The number of halogens is 1. The summed E-state index contributed by atoms with van der Waals surface area (Å²) in [5, 5.41) is 4.40. The summed E-state index contributed by atoms with van der Waals surface area (Å²) >= 11 is 0. The molecule has 1 atom stereocenters. The first-order chi connectivity index (χ1) is 12.6. The Morgan fingerprint density at radius 1 is 1.42 bits per heavy atom. The number of likely N-dealkylation sites (tertiary alicyclic amines) is 1. The third-order valence-electron chi connectivity index (χ3n) is 5.32. The zero-order valence-electron chi connectivity index (χ0n) is 15.3. The van der Waals surface area contributed by atoms with E-state index in [1.165, 1.54) is 11.6 Å². The van der Waals surface area contributed by atoms with Crippen molar-refractivity contribution < 1.29 is 13.9 Å². The van der Waals surface area contributed by atoms with Crippen molar-refractivity contribution in [2.24, 2.45) is 5.92 Å². The molecule has 6 nitrogen and oxygen atoms in total. The second kappa shape index (κ2) is 6.96. The second-order valence-electron chi connectivity index (χ2n) is 7.57. The summed E-state index contributed by atoms with van der Waals surface area (Å²) in [7, 11) is 0. The summed E-state index contributed by atoms with van der Waals surface area (Å²) < 4.78 is 27.4. The number of hydrogen-bond acceptors (Lipinski definition) is 5. The Hall–Kier alpha value is -1.99. The lowest BCUT2D eigenvalue weighted by molar-refractivity contribution is -0.140. The highest BCUT2D eigenvalue weighted by atomic mass is 19.1. The van der Waals surface area contributed by atoms with Gasteiger partial charge in [0, 0.05) is 56.2 Å². The van der Waals surface area contributed by atoms with Crippen LogP contribution in [-0.2, 0) is 11.3 Å². The Morgan fingerprint density at radius 3 is 3.00 bits per heavy atom. The van der Waals surface area contributed by atoms with Gasteiger partial charge in [0.05, 0.1) is 18.4 Å². The van der Waals surface area contributed by atoms with E-state index in [1.54, 1.807) is 12.3 Å². The Bertz CT molecular complexity index is 758. The van der Waals surface area contributed by atoms with Gasteiger partial charge in [0.25, 0.3) is 0 Å². The van der Waals surface area contributed by atoms with Crippen LogP contribution in [0.1, 0.15) is 31.9 Å². The third kappa shape index (κ3) is 3.33. The van der Waals surface area contributed by atoms with Crippen molar-refractivity contribution in [1.29, 1.82) is 0 Å². The molecule has 0 unspecified atom stereocenters. The Kier molecular flexibility index (Phi) is 4.67. The molecule has 2 aliphatic heterocycles. The van der Waals surface area contributed by atoms with Crippen LogP contribution >= 0.6 is 0 Å². The quantitative estimate of drug-likeness (QED) is 0.793. The molecule has 0 saturated carbocycles. The lowest BCUT2D eigenvalue weighted by atomic mass is 9.81. The molecule has 2 aliphatic rings. The average molecular weight is 360 g/mol. The summed E-state index contributed by atoms with van der Waals surface area (Å²) in [6, 6.07) is 3.30. The molecule has 2 saturated heterocycles. The molecular weight excluding hydrogens is 335 g/mol. The van der Waals surface area contributed by atoms with Crippen molar-refractivity contribution in [3.05, 3.63) is 42.1 Å². The Morgan fingerprint density at radius 2 is 2.27 bits per heavy atom. The van der Waals surface area contributed by atoms with Gasteiger partial charge >= 0.3 is 0 Å². The van der Waals surface area contributed by atoms with Crippen molar-refractivity contribution in [3.63, 3.8) is 0 Å². The normalized spacial score (nSPS) is 22.1. The fraction of sp³-hybridized carbons (Fsp3) is 0.579. The zero-order chi connectivity index (χ0) is 18.1. The van der Waals surface area contributed by atoms with Crippen LogP contribution in [0.2, 0.25) is 0 Å². The minimum atomic E-state index is -0.419. The number of pyridine rings is 1. The molecule has 0 amide bonds. The summed E-state index contributed by atoms with van der Waals surface area (Å²) in [5.41, 5.74) is 1.05. The molecule has 1 spiro atoms. The molecule has 4 rings (SSSR count). The molecule has 0 N–H and O–H groups in total. The van der Waals surface area contributed by atoms with Crippen LogP contribution in [0.4, 0.5) is 4.39 Å². The lowest BCUT2D eigenvalue weighted by Gasteiger charge is -2.50. The molecule has 7 heteroatoms. The van der Waals surface area contributed by atoms with E-state index in [0.29, 0.717) is 12.6 Å². The van der Waals surface area contributed by atoms with Gasteiger partial charge in [-0.05, 0) is 32.4 Å². The van der Waals surface area contributed by atoms with Crippen LogP contribution in [0, 0.1) is 11.7 Å². The predicted molar refractivity (Wildman–Crippen MR) is 94.4 cm³/mol. The first-order valence-corrected chi connectivity index (χ1v) is 9.18. The van der Waals surface area contributed by atoms with Crippen molar-refractivity contribution in [2.45, 2.75) is 38.5 Å². The van der Waals surface area contributed by atoms with Crippen molar-refractivity contribution in [1.82, 2.24) is 19.7 Å². The van der Waals surface area contributed by atoms with E-state index in [-0.39, 0.29) is 17.4 Å². The molecule has 4 heterocycles. The lowest BCUT2D eigenvalue weighted by Crippen LogP contribution is -2.64. The van der Waals surface area contributed by atoms with Gasteiger partial charge in [-0.15, -0.1) is 0 Å². The van der Waals surface area contributed by atoms with E-state index in [4.69, 9.17) is 9.47 Å². The number of aromatic nitrogens is 3. The largest absolute Gasteiger partial charge is 0.475 e. The molecule has 2 aromatic heterocycles. The second-order valence-corrected chi connectivity index (χ2v) is 7.57. The molecule has 26 heavy (non-hydrogen) atoms. The number of hydrogen-bond donors (Lipinski definition) is 0. The van der Waals surface area contributed by atoms with Crippen LogP contribution < -0.4 is 4.74 Å². The Labute approximate surface area is 152 Å². The average Bonchev–Trinajstić information content (AvgIpc) is 3.21. The van der Waals surface area contributed by atoms with Crippen LogP contribution in [0.5, 0.6) is 5.88 Å². The molecule has 0 bridgehead atoms. The monoisotopic (exact) mass is 360 g/mol. The first kappa shape index (κ1) is 17.4. The van der Waals surface area contributed by atoms with E-state index < -0.39 is 5.82 Å². The van der Waals surface area contributed by atoms with Crippen LogP contribution in [-0.4, -0.2) is 51.6 Å². The molecule has 0 aliphatic carbocycles. The maximum atomic E-state index is 13.7. The van der Waals surface area contributed by atoms with Crippen molar-refractivity contribution in [3.8, 4) is 5.88 Å². The molecule has 0 radical (unpaired) electrons. The standard InChI is InChI=1S/C19H25FN4O2/c1-14(2)24-10-15(8-22-24)9-23-12-19(13-23)16(5-7-26-19)11-25-18-17(20)4-3-6-21-18/h3-4,6,8,10,14,16H,5,7,9,11-13H2,1-2H3/t16-/m1/s1. The van der Waals surface area contributed by atoms with E-state index >= 15 is 0 Å². The molecule has 140 valence electrons. The van der Waals surface area contributed by atoms with Gasteiger partial charge in [0.15, 0.2) is 5.82 Å². The highest BCUT2D eigenvalue weighted by Crippen LogP contribution is 2.40. The first-order valence-electron chi connectivity index (χ1n) is 9.18. The van der Waals surface area contributed by atoms with Crippen LogP contribution in [0.3, 0.4) is 0 Å². The SMILES string of the molecule is CC(C)n1cc(CN2CC3(C2)OCC[C@@H]3COc2ncccc2F)cn1. The smallest absolute Gasteiger partial charge is 0.250 e.